The third-order valence-corrected chi connectivity index (χ3v) is 3.42. The van der Waals surface area contributed by atoms with Crippen LogP contribution in [0.2, 0.25) is 0 Å². The van der Waals surface area contributed by atoms with Gasteiger partial charge in [0.05, 0.1) is 0 Å². The summed E-state index contributed by atoms with van der Waals surface area (Å²) in [5, 5.41) is 11.0. The number of hydroxylamine groups is 1. The number of hydrogen-bond acceptors (Lipinski definition) is 5. The zero-order chi connectivity index (χ0) is 18.2. The highest BCUT2D eigenvalue weighted by Crippen LogP contribution is 2.09. The van der Waals surface area contributed by atoms with Gasteiger partial charge in [0, 0.05) is 28.9 Å². The number of para-hydroxylation sites is 1. The maximum absolute atomic E-state index is 12.1. The Balaban J connectivity index is 2.08. The minimum atomic E-state index is -1.02. The summed E-state index contributed by atoms with van der Waals surface area (Å²) in [4.78, 5) is 23.4. The molecule has 0 aliphatic carbocycles. The zero-order valence-electron chi connectivity index (χ0n) is 13.3. The number of rotatable bonds is 4. The molecule has 0 unspecified atom stereocenters. The van der Waals surface area contributed by atoms with Crippen LogP contribution in [0.4, 0.5) is 5.69 Å². The molecule has 0 saturated carbocycles. The topological polar surface area (TPSA) is 130 Å². The van der Waals surface area contributed by atoms with E-state index in [9.17, 15) is 9.59 Å². The molecule has 7 nitrogen and oxygen atoms in total. The maximum atomic E-state index is 12.1. The number of nitrogens with two attached hydrogens (primary N) is 2. The summed E-state index contributed by atoms with van der Waals surface area (Å²) in [6, 6.07) is 12.8. The summed E-state index contributed by atoms with van der Waals surface area (Å²) in [7, 11) is 0. The second kappa shape index (κ2) is 8.49. The number of benzene rings is 2. The summed E-state index contributed by atoms with van der Waals surface area (Å²) in [5.41, 5.74) is 15.1. The number of anilines is 1. The molecular formula is C18H18N4O3. The Morgan fingerprint density at radius 2 is 1.76 bits per heavy atom. The highest BCUT2D eigenvalue weighted by atomic mass is 16.5. The van der Waals surface area contributed by atoms with Gasteiger partial charge in [0.25, 0.3) is 11.8 Å². The largest absolute Gasteiger partial charge is 0.398 e. The second-order valence-corrected chi connectivity index (χ2v) is 5.15. The van der Waals surface area contributed by atoms with E-state index in [1.54, 1.807) is 30.3 Å². The fourth-order valence-corrected chi connectivity index (χ4v) is 2.01. The lowest BCUT2D eigenvalue weighted by molar-refractivity contribution is -0.130. The number of nitrogen functional groups attached to an aromatic ring is 1. The Bertz CT molecular complexity index is 822. The van der Waals surface area contributed by atoms with Gasteiger partial charge in [-0.1, -0.05) is 24.0 Å². The van der Waals surface area contributed by atoms with Gasteiger partial charge in [0.2, 0.25) is 0 Å². The number of nitrogens with one attached hydrogen (secondary N) is 2. The van der Waals surface area contributed by atoms with Gasteiger partial charge in [0.15, 0.2) is 0 Å². The van der Waals surface area contributed by atoms with Crippen molar-refractivity contribution in [2.75, 3.05) is 12.3 Å². The van der Waals surface area contributed by atoms with E-state index in [4.69, 9.17) is 16.7 Å². The van der Waals surface area contributed by atoms with E-state index in [-0.39, 0.29) is 6.54 Å². The van der Waals surface area contributed by atoms with Gasteiger partial charge >= 0.3 is 0 Å². The van der Waals surface area contributed by atoms with Gasteiger partial charge in [-0.3, -0.25) is 14.8 Å². The monoisotopic (exact) mass is 338 g/mol. The number of hydrogen-bond donors (Lipinski definition) is 5. The fraction of sp³-hybridized carbons (Fsp3) is 0.111. The summed E-state index contributed by atoms with van der Waals surface area (Å²) in [6.45, 7) is -0.139. The molecule has 0 saturated heterocycles. The summed E-state index contributed by atoms with van der Waals surface area (Å²) >= 11 is 0. The normalized spacial score (nSPS) is 11.0. The predicted octanol–water partition coefficient (Wildman–Crippen LogP) is 0.231. The first-order valence-electron chi connectivity index (χ1n) is 7.46. The molecule has 0 heterocycles. The molecule has 1 atom stereocenters. The smallest absolute Gasteiger partial charge is 0.267 e. The average Bonchev–Trinajstić information content (AvgIpc) is 2.65. The van der Waals surface area contributed by atoms with Crippen molar-refractivity contribution in [3.05, 3.63) is 65.2 Å². The van der Waals surface area contributed by atoms with E-state index >= 15 is 0 Å². The molecule has 7 N–H and O–H groups in total. The third-order valence-electron chi connectivity index (χ3n) is 3.42. The maximum Gasteiger partial charge on any atom is 0.267 e. The Labute approximate surface area is 145 Å². The molecule has 0 radical (unpaired) electrons. The van der Waals surface area contributed by atoms with E-state index in [1.165, 1.54) is 5.48 Å². The van der Waals surface area contributed by atoms with Crippen LogP contribution in [-0.2, 0) is 4.79 Å². The third kappa shape index (κ3) is 4.81. The molecule has 7 heteroatoms. The van der Waals surface area contributed by atoms with Crippen LogP contribution in [0.1, 0.15) is 21.5 Å². The van der Waals surface area contributed by atoms with Crippen molar-refractivity contribution in [1.82, 2.24) is 10.8 Å². The molecule has 0 spiro atoms. The van der Waals surface area contributed by atoms with Gasteiger partial charge < -0.3 is 16.8 Å². The lowest BCUT2D eigenvalue weighted by Crippen LogP contribution is -2.50. The van der Waals surface area contributed by atoms with Crippen LogP contribution in [-0.4, -0.2) is 29.6 Å². The van der Waals surface area contributed by atoms with Crippen molar-refractivity contribution >= 4 is 17.5 Å². The van der Waals surface area contributed by atoms with E-state index in [0.717, 1.165) is 5.56 Å². The molecular weight excluding hydrogens is 320 g/mol. The van der Waals surface area contributed by atoms with E-state index in [2.05, 4.69) is 17.2 Å². The highest BCUT2D eigenvalue weighted by Gasteiger charge is 2.19. The molecule has 2 aromatic rings. The Kier molecular flexibility index (Phi) is 6.12. The average molecular weight is 338 g/mol. The van der Waals surface area contributed by atoms with Crippen molar-refractivity contribution in [1.29, 1.82) is 0 Å². The quantitative estimate of drug-likeness (QED) is 0.236. The Morgan fingerprint density at radius 1 is 1.08 bits per heavy atom. The first-order chi connectivity index (χ1) is 12.0. The summed E-state index contributed by atoms with van der Waals surface area (Å²) in [5.74, 6) is 4.68. The van der Waals surface area contributed by atoms with Crippen molar-refractivity contribution in [3.63, 3.8) is 0 Å². The standard InChI is InChI=1S/C18H18N4O3/c19-11-16(18(24)22-25)21-17(23)14-9-6-12(7-10-14)5-8-13-3-1-2-4-15(13)20/h1-4,6-7,9-10,16,25H,11,19-20H2,(H,21,23)(H,22,24)/t16-/m0/s1. The molecule has 128 valence electrons. The lowest BCUT2D eigenvalue weighted by atomic mass is 10.1. The molecule has 2 aromatic carbocycles. The summed E-state index contributed by atoms with van der Waals surface area (Å²) < 4.78 is 0. The van der Waals surface area contributed by atoms with Gasteiger partial charge in [-0.2, -0.15) is 0 Å². The number of carbonyl (C=O) groups excluding carboxylic acids is 2. The van der Waals surface area contributed by atoms with Crippen LogP contribution in [0.15, 0.2) is 48.5 Å². The van der Waals surface area contributed by atoms with Crippen LogP contribution in [0, 0.1) is 11.8 Å². The lowest BCUT2D eigenvalue weighted by Gasteiger charge is -2.14. The molecule has 2 amide bonds. The highest BCUT2D eigenvalue weighted by molar-refractivity contribution is 5.97. The van der Waals surface area contributed by atoms with Gasteiger partial charge in [-0.25, -0.2) is 5.48 Å². The first-order valence-corrected chi connectivity index (χ1v) is 7.46. The summed E-state index contributed by atoms with van der Waals surface area (Å²) in [6.07, 6.45) is 0. The number of carbonyl (C=O) groups is 2. The van der Waals surface area contributed by atoms with Crippen LogP contribution >= 0.6 is 0 Å². The van der Waals surface area contributed by atoms with E-state index < -0.39 is 17.9 Å². The van der Waals surface area contributed by atoms with E-state index in [0.29, 0.717) is 16.8 Å². The van der Waals surface area contributed by atoms with Crippen LogP contribution in [0.5, 0.6) is 0 Å². The molecule has 0 aliphatic heterocycles. The predicted molar refractivity (Wildman–Crippen MR) is 93.5 cm³/mol. The zero-order valence-corrected chi connectivity index (χ0v) is 13.3. The van der Waals surface area contributed by atoms with Gasteiger partial charge in [-0.15, -0.1) is 0 Å². The van der Waals surface area contributed by atoms with Gasteiger partial charge in [-0.05, 0) is 36.4 Å². The van der Waals surface area contributed by atoms with Crippen molar-refractivity contribution in [3.8, 4) is 11.8 Å². The minimum absolute atomic E-state index is 0.139. The van der Waals surface area contributed by atoms with Crippen molar-refractivity contribution in [2.45, 2.75) is 6.04 Å². The van der Waals surface area contributed by atoms with Crippen LogP contribution in [0.25, 0.3) is 0 Å². The van der Waals surface area contributed by atoms with Crippen molar-refractivity contribution in [2.24, 2.45) is 5.73 Å². The SMILES string of the molecule is NC[C@H](NC(=O)c1ccc(C#Cc2ccccc2N)cc1)C(=O)NO. The first kappa shape index (κ1) is 18.0. The Morgan fingerprint density at radius 3 is 2.36 bits per heavy atom. The molecule has 0 aliphatic rings. The van der Waals surface area contributed by atoms with E-state index in [1.807, 2.05) is 18.2 Å². The Hall–Kier alpha value is -3.34. The molecule has 2 rings (SSSR count). The minimum Gasteiger partial charge on any atom is -0.398 e. The molecule has 25 heavy (non-hydrogen) atoms. The second-order valence-electron chi connectivity index (χ2n) is 5.15. The van der Waals surface area contributed by atoms with Crippen LogP contribution in [0.3, 0.4) is 0 Å². The van der Waals surface area contributed by atoms with Gasteiger partial charge in [0.1, 0.15) is 6.04 Å². The number of amides is 2. The molecule has 0 fully saturated rings. The molecule has 0 bridgehead atoms. The fourth-order valence-electron chi connectivity index (χ4n) is 2.01. The van der Waals surface area contributed by atoms with Crippen molar-refractivity contribution < 1.29 is 14.8 Å². The van der Waals surface area contributed by atoms with Crippen LogP contribution < -0.4 is 22.3 Å². The molecule has 0 aromatic heterocycles.